The molecule has 19 heavy (non-hydrogen) atoms. The molecule has 0 aromatic carbocycles. The molecule has 1 saturated heterocycles. The average Bonchev–Trinajstić information content (AvgIpc) is 2.41. The van der Waals surface area contributed by atoms with E-state index in [0.29, 0.717) is 19.8 Å². The molecule has 3 atom stereocenters. The van der Waals surface area contributed by atoms with Gasteiger partial charge < -0.3 is 15.0 Å². The van der Waals surface area contributed by atoms with E-state index in [1.165, 1.54) is 0 Å². The molecule has 2 amide bonds. The molecule has 3 unspecified atom stereocenters. The predicted molar refractivity (Wildman–Crippen MR) is 73.7 cm³/mol. The van der Waals surface area contributed by atoms with Crippen molar-refractivity contribution < 1.29 is 14.3 Å². The average molecular weight is 270 g/mol. The lowest BCUT2D eigenvalue weighted by Gasteiger charge is -2.39. The highest BCUT2D eigenvalue weighted by atomic mass is 16.5. The van der Waals surface area contributed by atoms with Crippen LogP contribution in [0.15, 0.2) is 0 Å². The van der Waals surface area contributed by atoms with Crippen LogP contribution < -0.4 is 5.32 Å². The molecule has 1 N–H and O–H groups in total. The number of ether oxygens (including phenoxy) is 1. The molecule has 1 fully saturated rings. The summed E-state index contributed by atoms with van der Waals surface area (Å²) in [7, 11) is 0. The first-order chi connectivity index (χ1) is 9.02. The van der Waals surface area contributed by atoms with Gasteiger partial charge >= 0.3 is 0 Å². The summed E-state index contributed by atoms with van der Waals surface area (Å²) in [5.41, 5.74) is 0. The van der Waals surface area contributed by atoms with Crippen LogP contribution >= 0.6 is 0 Å². The number of nitrogens with one attached hydrogen (secondary N) is 1. The van der Waals surface area contributed by atoms with Crippen LogP contribution in [-0.2, 0) is 14.3 Å². The van der Waals surface area contributed by atoms with E-state index >= 15 is 0 Å². The van der Waals surface area contributed by atoms with Crippen LogP contribution in [0.2, 0.25) is 0 Å². The molecule has 0 bridgehead atoms. The van der Waals surface area contributed by atoms with Gasteiger partial charge in [-0.3, -0.25) is 9.59 Å². The third-order valence-electron chi connectivity index (χ3n) is 3.73. The van der Waals surface area contributed by atoms with E-state index < -0.39 is 6.04 Å². The Morgan fingerprint density at radius 1 is 1.32 bits per heavy atom. The summed E-state index contributed by atoms with van der Waals surface area (Å²) in [5, 5.41) is 2.83. The fourth-order valence-corrected chi connectivity index (χ4v) is 2.18. The lowest BCUT2D eigenvalue weighted by molar-refractivity contribution is -0.150. The van der Waals surface area contributed by atoms with Crippen molar-refractivity contribution in [3.63, 3.8) is 0 Å². The summed E-state index contributed by atoms with van der Waals surface area (Å²) < 4.78 is 5.41. The molecule has 0 aromatic rings. The molecule has 0 aliphatic carbocycles. The monoisotopic (exact) mass is 270 g/mol. The van der Waals surface area contributed by atoms with Crippen molar-refractivity contribution in [2.24, 2.45) is 5.92 Å². The Kier molecular flexibility index (Phi) is 6.28. The lowest BCUT2D eigenvalue weighted by Crippen LogP contribution is -2.64. The van der Waals surface area contributed by atoms with Crippen molar-refractivity contribution in [2.75, 3.05) is 19.8 Å². The maximum atomic E-state index is 12.4. The Bertz CT molecular complexity index is 320. The Morgan fingerprint density at radius 3 is 2.58 bits per heavy atom. The molecule has 1 rings (SSSR count). The van der Waals surface area contributed by atoms with Crippen LogP contribution in [0.4, 0.5) is 0 Å². The van der Waals surface area contributed by atoms with Gasteiger partial charge in [-0.1, -0.05) is 27.2 Å². The van der Waals surface area contributed by atoms with Crippen LogP contribution in [0.1, 0.15) is 40.5 Å². The predicted octanol–water partition coefficient (Wildman–Crippen LogP) is 1.17. The minimum Gasteiger partial charge on any atom is -0.380 e. The zero-order valence-corrected chi connectivity index (χ0v) is 12.4. The molecule has 5 heteroatoms. The third kappa shape index (κ3) is 3.93. The minimum absolute atomic E-state index is 0.0153. The highest BCUT2D eigenvalue weighted by Gasteiger charge is 2.39. The molecule has 0 spiro atoms. The number of nitrogens with zero attached hydrogens (tertiary/aromatic N) is 1. The normalized spacial score (nSPS) is 25.4. The summed E-state index contributed by atoms with van der Waals surface area (Å²) in [6, 6.07) is -0.794. The van der Waals surface area contributed by atoms with Crippen LogP contribution in [0.5, 0.6) is 0 Å². The van der Waals surface area contributed by atoms with E-state index in [1.54, 1.807) is 11.8 Å². The molecule has 0 aromatic heterocycles. The van der Waals surface area contributed by atoms with Gasteiger partial charge in [0, 0.05) is 13.2 Å². The standard InChI is InChI=1S/C14H26N2O3/c1-5-8-19-9-7-16-11(4)13(17)15-12(14(16)18)10(3)6-2/h10-12H,5-9H2,1-4H3,(H,15,17). The van der Waals surface area contributed by atoms with Crippen molar-refractivity contribution in [3.05, 3.63) is 0 Å². The van der Waals surface area contributed by atoms with Crippen molar-refractivity contribution in [1.82, 2.24) is 10.2 Å². The van der Waals surface area contributed by atoms with Crippen LogP contribution in [0.3, 0.4) is 0 Å². The number of hydrogen-bond donors (Lipinski definition) is 1. The minimum atomic E-state index is -0.405. The second-order valence-corrected chi connectivity index (χ2v) is 5.19. The highest BCUT2D eigenvalue weighted by molar-refractivity contribution is 5.96. The molecule has 1 aliphatic heterocycles. The lowest BCUT2D eigenvalue weighted by atomic mass is 9.94. The Hall–Kier alpha value is -1.10. The second-order valence-electron chi connectivity index (χ2n) is 5.19. The topological polar surface area (TPSA) is 58.6 Å². The Labute approximate surface area is 115 Å². The smallest absolute Gasteiger partial charge is 0.246 e. The van der Waals surface area contributed by atoms with Gasteiger partial charge in [0.2, 0.25) is 11.8 Å². The fourth-order valence-electron chi connectivity index (χ4n) is 2.18. The van der Waals surface area contributed by atoms with Crippen molar-refractivity contribution >= 4 is 11.8 Å². The van der Waals surface area contributed by atoms with Crippen molar-refractivity contribution in [2.45, 2.75) is 52.6 Å². The first-order valence-electron chi connectivity index (χ1n) is 7.21. The number of amides is 2. The van der Waals surface area contributed by atoms with Gasteiger partial charge in [-0.25, -0.2) is 0 Å². The maximum Gasteiger partial charge on any atom is 0.246 e. The van der Waals surface area contributed by atoms with E-state index in [2.05, 4.69) is 5.32 Å². The van der Waals surface area contributed by atoms with Gasteiger partial charge in [0.1, 0.15) is 12.1 Å². The van der Waals surface area contributed by atoms with Crippen LogP contribution in [0, 0.1) is 5.92 Å². The molecule has 1 heterocycles. The number of hydrogen-bond acceptors (Lipinski definition) is 3. The Morgan fingerprint density at radius 2 is 2.00 bits per heavy atom. The molecular formula is C14H26N2O3. The summed E-state index contributed by atoms with van der Waals surface area (Å²) in [6.45, 7) is 9.49. The fraction of sp³-hybridized carbons (Fsp3) is 0.857. The molecule has 1 aliphatic rings. The molecular weight excluding hydrogens is 244 g/mol. The van der Waals surface area contributed by atoms with Crippen molar-refractivity contribution in [3.8, 4) is 0 Å². The van der Waals surface area contributed by atoms with E-state index in [4.69, 9.17) is 4.74 Å². The molecule has 5 nitrogen and oxygen atoms in total. The van der Waals surface area contributed by atoms with Gasteiger partial charge in [0.25, 0.3) is 0 Å². The van der Waals surface area contributed by atoms with Crippen LogP contribution in [-0.4, -0.2) is 48.6 Å². The number of carbonyl (C=O) groups excluding carboxylic acids is 2. The molecule has 0 saturated carbocycles. The summed E-state index contributed by atoms with van der Waals surface area (Å²) >= 11 is 0. The van der Waals surface area contributed by atoms with Crippen molar-refractivity contribution in [1.29, 1.82) is 0 Å². The first-order valence-corrected chi connectivity index (χ1v) is 7.21. The first kappa shape index (κ1) is 16.0. The summed E-state index contributed by atoms with van der Waals surface area (Å²) in [5.74, 6) is 0.102. The van der Waals surface area contributed by atoms with E-state index in [0.717, 1.165) is 12.8 Å². The third-order valence-corrected chi connectivity index (χ3v) is 3.73. The van der Waals surface area contributed by atoms with Gasteiger partial charge in [-0.15, -0.1) is 0 Å². The van der Waals surface area contributed by atoms with E-state index in [1.807, 2.05) is 20.8 Å². The SMILES string of the molecule is CCCOCCN1C(=O)C(C(C)CC)NC(=O)C1C. The maximum absolute atomic E-state index is 12.4. The Balaban J connectivity index is 2.64. The number of carbonyl (C=O) groups is 2. The van der Waals surface area contributed by atoms with E-state index in [9.17, 15) is 9.59 Å². The van der Waals surface area contributed by atoms with E-state index in [-0.39, 0.29) is 23.8 Å². The number of rotatable bonds is 7. The van der Waals surface area contributed by atoms with Gasteiger partial charge in [0.05, 0.1) is 6.61 Å². The van der Waals surface area contributed by atoms with Gasteiger partial charge in [-0.2, -0.15) is 0 Å². The van der Waals surface area contributed by atoms with Crippen LogP contribution in [0.25, 0.3) is 0 Å². The highest BCUT2D eigenvalue weighted by Crippen LogP contribution is 2.17. The summed E-state index contributed by atoms with van der Waals surface area (Å²) in [4.78, 5) is 26.0. The zero-order valence-electron chi connectivity index (χ0n) is 12.4. The van der Waals surface area contributed by atoms with Gasteiger partial charge in [-0.05, 0) is 19.3 Å². The molecule has 110 valence electrons. The number of piperazine rings is 1. The quantitative estimate of drug-likeness (QED) is 0.707. The molecule has 0 radical (unpaired) electrons. The largest absolute Gasteiger partial charge is 0.380 e. The zero-order chi connectivity index (χ0) is 14.4. The van der Waals surface area contributed by atoms with Gasteiger partial charge in [0.15, 0.2) is 0 Å². The second kappa shape index (κ2) is 7.48. The summed E-state index contributed by atoms with van der Waals surface area (Å²) in [6.07, 6.45) is 1.82.